The highest BCUT2D eigenvalue weighted by molar-refractivity contribution is 8.08. The van der Waals surface area contributed by atoms with Gasteiger partial charge in [-0.25, -0.2) is 5.09 Å². The maximum Gasteiger partial charge on any atom is 0.256 e. The standard InChI is InChI=1S/C4H12NO2PS/c1-3-4(2)5-8(6,7)9/h4H,3H2,1-2H3,(H3,5,6,7,9). The van der Waals surface area contributed by atoms with Gasteiger partial charge < -0.3 is 9.79 Å². The second kappa shape index (κ2) is 3.64. The molecule has 56 valence electrons. The minimum Gasteiger partial charge on any atom is -0.334 e. The largest absolute Gasteiger partial charge is 0.334 e. The lowest BCUT2D eigenvalue weighted by atomic mass is 10.3. The first kappa shape index (κ1) is 9.53. The summed E-state index contributed by atoms with van der Waals surface area (Å²) in [6.45, 7) is 0.647. The van der Waals surface area contributed by atoms with Crippen LogP contribution in [0.3, 0.4) is 0 Å². The van der Waals surface area contributed by atoms with Crippen molar-refractivity contribution in [3.63, 3.8) is 0 Å². The summed E-state index contributed by atoms with van der Waals surface area (Å²) in [4.78, 5) is 17.4. The maximum atomic E-state index is 8.69. The SMILES string of the molecule is CCC(C)NP(O)(O)=S. The first-order chi connectivity index (χ1) is 3.95. The first-order valence-corrected chi connectivity index (χ1v) is 5.50. The second-order valence-electron chi connectivity index (χ2n) is 1.98. The van der Waals surface area contributed by atoms with Gasteiger partial charge in [-0.1, -0.05) is 6.92 Å². The molecule has 9 heavy (non-hydrogen) atoms. The van der Waals surface area contributed by atoms with Crippen LogP contribution in [0, 0.1) is 0 Å². The van der Waals surface area contributed by atoms with Crippen LogP contribution < -0.4 is 5.09 Å². The fourth-order valence-electron chi connectivity index (χ4n) is 0.378. The summed E-state index contributed by atoms with van der Waals surface area (Å²) in [7, 11) is 0. The van der Waals surface area contributed by atoms with Crippen LogP contribution in [0.25, 0.3) is 0 Å². The van der Waals surface area contributed by atoms with Crippen LogP contribution >= 0.6 is 6.64 Å². The molecule has 3 nitrogen and oxygen atoms in total. The van der Waals surface area contributed by atoms with Gasteiger partial charge in [0.25, 0.3) is 6.64 Å². The third kappa shape index (κ3) is 6.41. The average Bonchev–Trinajstić information content (AvgIpc) is 1.62. The first-order valence-electron chi connectivity index (χ1n) is 2.79. The van der Waals surface area contributed by atoms with Crippen LogP contribution in [0.4, 0.5) is 0 Å². The molecule has 5 heteroatoms. The van der Waals surface area contributed by atoms with Crippen molar-refractivity contribution in [2.45, 2.75) is 26.3 Å². The molecule has 0 aromatic heterocycles. The van der Waals surface area contributed by atoms with Gasteiger partial charge in [0, 0.05) is 6.04 Å². The minimum atomic E-state index is -3.16. The van der Waals surface area contributed by atoms with E-state index < -0.39 is 6.64 Å². The summed E-state index contributed by atoms with van der Waals surface area (Å²) in [5.41, 5.74) is 0. The molecule has 0 fully saturated rings. The zero-order valence-corrected chi connectivity index (χ0v) is 7.25. The minimum absolute atomic E-state index is 0.0887. The number of hydrogen-bond acceptors (Lipinski definition) is 1. The second-order valence-corrected chi connectivity index (χ2v) is 4.86. The number of nitrogens with one attached hydrogen (secondary N) is 1. The van der Waals surface area contributed by atoms with E-state index in [9.17, 15) is 0 Å². The van der Waals surface area contributed by atoms with Gasteiger partial charge >= 0.3 is 0 Å². The van der Waals surface area contributed by atoms with Gasteiger partial charge in [0.15, 0.2) is 0 Å². The Bertz CT molecular complexity index is 124. The molecule has 0 bridgehead atoms. The molecular weight excluding hydrogens is 157 g/mol. The molecule has 0 saturated heterocycles. The Labute approximate surface area is 60.3 Å². The lowest BCUT2D eigenvalue weighted by Crippen LogP contribution is -2.21. The monoisotopic (exact) mass is 169 g/mol. The van der Waals surface area contributed by atoms with E-state index in [1.165, 1.54) is 0 Å². The van der Waals surface area contributed by atoms with Crippen LogP contribution in [0.1, 0.15) is 20.3 Å². The molecule has 0 rings (SSSR count). The van der Waals surface area contributed by atoms with Crippen LogP contribution in [-0.4, -0.2) is 15.8 Å². The van der Waals surface area contributed by atoms with E-state index in [4.69, 9.17) is 9.79 Å². The van der Waals surface area contributed by atoms with E-state index in [1.54, 1.807) is 0 Å². The predicted molar refractivity (Wildman–Crippen MR) is 41.6 cm³/mol. The molecule has 0 saturated carbocycles. The average molecular weight is 169 g/mol. The Balaban J connectivity index is 3.60. The molecule has 3 N–H and O–H groups in total. The lowest BCUT2D eigenvalue weighted by molar-refractivity contribution is 0.445. The summed E-state index contributed by atoms with van der Waals surface area (Å²) in [6.07, 6.45) is 0.847. The molecule has 1 unspecified atom stereocenters. The zero-order valence-electron chi connectivity index (χ0n) is 5.53. The molecule has 0 aromatic carbocycles. The molecule has 0 aliphatic heterocycles. The van der Waals surface area contributed by atoms with Gasteiger partial charge in [0.1, 0.15) is 0 Å². The van der Waals surface area contributed by atoms with Crippen molar-refractivity contribution in [2.24, 2.45) is 0 Å². The van der Waals surface area contributed by atoms with Gasteiger partial charge in [0.2, 0.25) is 0 Å². The molecule has 0 spiro atoms. The number of rotatable bonds is 3. The molecular formula is C4H12NO2PS. The number of hydrogen-bond donors (Lipinski definition) is 3. The molecule has 0 heterocycles. The van der Waals surface area contributed by atoms with Gasteiger partial charge in [0.05, 0.1) is 0 Å². The summed E-state index contributed by atoms with van der Waals surface area (Å²) >= 11 is 4.34. The van der Waals surface area contributed by atoms with Crippen molar-refractivity contribution in [3.8, 4) is 0 Å². The lowest BCUT2D eigenvalue weighted by Gasteiger charge is -2.14. The van der Waals surface area contributed by atoms with E-state index in [-0.39, 0.29) is 6.04 Å². The quantitative estimate of drug-likeness (QED) is 0.541. The predicted octanol–water partition coefficient (Wildman–Crippen LogP) is 0.584. The highest BCUT2D eigenvalue weighted by Gasteiger charge is 2.08. The highest BCUT2D eigenvalue weighted by Crippen LogP contribution is 2.29. The van der Waals surface area contributed by atoms with E-state index in [2.05, 4.69) is 16.9 Å². The van der Waals surface area contributed by atoms with Gasteiger partial charge in [-0.05, 0) is 25.2 Å². The normalized spacial score (nSPS) is 15.6. The molecule has 0 aliphatic carbocycles. The molecule has 0 aromatic rings. The van der Waals surface area contributed by atoms with Crippen molar-refractivity contribution >= 4 is 18.4 Å². The van der Waals surface area contributed by atoms with Crippen LogP contribution in [0.2, 0.25) is 0 Å². The van der Waals surface area contributed by atoms with Crippen molar-refractivity contribution in [3.05, 3.63) is 0 Å². The maximum absolute atomic E-state index is 8.69. The van der Waals surface area contributed by atoms with Crippen LogP contribution in [0.15, 0.2) is 0 Å². The summed E-state index contributed by atoms with van der Waals surface area (Å²) < 4.78 is 0. The Morgan fingerprint density at radius 3 is 2.22 bits per heavy atom. The van der Waals surface area contributed by atoms with Crippen molar-refractivity contribution in [1.29, 1.82) is 0 Å². The summed E-state index contributed by atoms with van der Waals surface area (Å²) in [5.74, 6) is 0. The smallest absolute Gasteiger partial charge is 0.256 e. The van der Waals surface area contributed by atoms with Crippen LogP contribution in [-0.2, 0) is 11.8 Å². The van der Waals surface area contributed by atoms with E-state index >= 15 is 0 Å². The Morgan fingerprint density at radius 2 is 2.11 bits per heavy atom. The fourth-order valence-corrected chi connectivity index (χ4v) is 1.67. The topological polar surface area (TPSA) is 52.5 Å². The third-order valence-corrected chi connectivity index (χ3v) is 2.09. The molecule has 0 aliphatic rings. The van der Waals surface area contributed by atoms with Crippen molar-refractivity contribution < 1.29 is 9.79 Å². The molecule has 0 amide bonds. The van der Waals surface area contributed by atoms with Crippen molar-refractivity contribution in [2.75, 3.05) is 0 Å². The van der Waals surface area contributed by atoms with Gasteiger partial charge in [-0.2, -0.15) is 0 Å². The summed E-state index contributed by atoms with van der Waals surface area (Å²) in [6, 6.07) is 0.0887. The molecule has 0 radical (unpaired) electrons. The van der Waals surface area contributed by atoms with Gasteiger partial charge in [-0.15, -0.1) is 0 Å². The Hall–Kier alpha value is 0.530. The van der Waals surface area contributed by atoms with Crippen molar-refractivity contribution in [1.82, 2.24) is 5.09 Å². The van der Waals surface area contributed by atoms with Crippen LogP contribution in [0.5, 0.6) is 0 Å². The van der Waals surface area contributed by atoms with Gasteiger partial charge in [-0.3, -0.25) is 0 Å². The molecule has 1 atom stereocenters. The Morgan fingerprint density at radius 1 is 1.67 bits per heavy atom. The fraction of sp³-hybridized carbons (Fsp3) is 1.00. The highest BCUT2D eigenvalue weighted by atomic mass is 32.5. The summed E-state index contributed by atoms with van der Waals surface area (Å²) in [5, 5.41) is 2.51. The van der Waals surface area contributed by atoms with E-state index in [1.807, 2.05) is 13.8 Å². The third-order valence-electron chi connectivity index (χ3n) is 1.00. The van der Waals surface area contributed by atoms with E-state index in [0.29, 0.717) is 0 Å². The van der Waals surface area contributed by atoms with E-state index in [0.717, 1.165) is 6.42 Å². The zero-order chi connectivity index (χ0) is 7.49. The Kier molecular flexibility index (Phi) is 3.85.